The minimum atomic E-state index is 0.581. The molecule has 3 aromatic heterocycles. The van der Waals surface area contributed by atoms with E-state index in [0.29, 0.717) is 6.04 Å². The van der Waals surface area contributed by atoms with Gasteiger partial charge in [0.25, 0.3) is 0 Å². The lowest BCUT2D eigenvalue weighted by atomic mass is 10.1. The molecule has 0 radical (unpaired) electrons. The Kier molecular flexibility index (Phi) is 4.71. The molecule has 0 unspecified atom stereocenters. The van der Waals surface area contributed by atoms with Crippen LogP contribution in [0.2, 0.25) is 0 Å². The molecule has 30 heavy (non-hydrogen) atoms. The average Bonchev–Trinajstić information content (AvgIpc) is 3.39. The van der Waals surface area contributed by atoms with Crippen molar-refractivity contribution in [3.05, 3.63) is 43.0 Å². The molecule has 1 N–H and O–H groups in total. The highest BCUT2D eigenvalue weighted by Gasteiger charge is 2.21. The van der Waals surface area contributed by atoms with Crippen LogP contribution in [0.4, 0.5) is 5.82 Å². The molecule has 8 heteroatoms. The van der Waals surface area contributed by atoms with E-state index < -0.39 is 0 Å². The van der Waals surface area contributed by atoms with Crippen LogP contribution in [0.5, 0.6) is 0 Å². The highest BCUT2D eigenvalue weighted by Crippen LogP contribution is 2.30. The molecule has 0 amide bonds. The summed E-state index contributed by atoms with van der Waals surface area (Å²) in [5.41, 5.74) is 4.86. The maximum absolute atomic E-state index is 4.56. The van der Waals surface area contributed by atoms with E-state index in [1.165, 1.54) is 0 Å². The van der Waals surface area contributed by atoms with E-state index in [2.05, 4.69) is 73.2 Å². The van der Waals surface area contributed by atoms with Crippen molar-refractivity contribution in [2.45, 2.75) is 19.9 Å². The molecule has 1 fully saturated rings. The van der Waals surface area contributed by atoms with Crippen LogP contribution in [0.15, 0.2) is 43.0 Å². The zero-order valence-corrected chi connectivity index (χ0v) is 17.6. The SMILES string of the molecule is CC(C)N1CCN(c2cc(-c3n[nH]c4ccc(-c5cnn(C)c5)cc34)ncn2)CC1. The van der Waals surface area contributed by atoms with E-state index in [-0.39, 0.29) is 0 Å². The highest BCUT2D eigenvalue weighted by molar-refractivity contribution is 5.95. The lowest BCUT2D eigenvalue weighted by Crippen LogP contribution is -2.49. The Hall–Kier alpha value is -3.26. The minimum Gasteiger partial charge on any atom is -0.354 e. The van der Waals surface area contributed by atoms with Crippen LogP contribution in [-0.2, 0) is 7.05 Å². The van der Waals surface area contributed by atoms with E-state index in [1.54, 1.807) is 6.33 Å². The van der Waals surface area contributed by atoms with Crippen molar-refractivity contribution >= 4 is 16.7 Å². The van der Waals surface area contributed by atoms with E-state index in [1.807, 2.05) is 24.1 Å². The molecule has 0 aliphatic carbocycles. The maximum Gasteiger partial charge on any atom is 0.132 e. The molecule has 1 aromatic carbocycles. The van der Waals surface area contributed by atoms with Gasteiger partial charge in [-0.25, -0.2) is 9.97 Å². The fraction of sp³-hybridized carbons (Fsp3) is 0.364. The molecule has 154 valence electrons. The van der Waals surface area contributed by atoms with Crippen LogP contribution in [0.1, 0.15) is 13.8 Å². The first-order valence-electron chi connectivity index (χ1n) is 10.4. The number of hydrogen-bond donors (Lipinski definition) is 1. The molecule has 4 heterocycles. The first-order valence-corrected chi connectivity index (χ1v) is 10.4. The second kappa shape index (κ2) is 7.53. The number of piperazine rings is 1. The van der Waals surface area contributed by atoms with Gasteiger partial charge in [0.05, 0.1) is 17.4 Å². The van der Waals surface area contributed by atoms with Crippen molar-refractivity contribution < 1.29 is 0 Å². The number of anilines is 1. The van der Waals surface area contributed by atoms with Gasteiger partial charge in [0.2, 0.25) is 0 Å². The molecular formula is C22H26N8. The summed E-state index contributed by atoms with van der Waals surface area (Å²) in [5.74, 6) is 0.961. The molecule has 0 saturated carbocycles. The van der Waals surface area contributed by atoms with Gasteiger partial charge in [0.15, 0.2) is 0 Å². The Morgan fingerprint density at radius 1 is 1.00 bits per heavy atom. The number of aromatic nitrogens is 6. The van der Waals surface area contributed by atoms with Gasteiger partial charge in [-0.1, -0.05) is 6.07 Å². The zero-order chi connectivity index (χ0) is 20.7. The van der Waals surface area contributed by atoms with E-state index in [9.17, 15) is 0 Å². The predicted molar refractivity (Wildman–Crippen MR) is 118 cm³/mol. The fourth-order valence-electron chi connectivity index (χ4n) is 4.08. The normalized spacial score (nSPS) is 15.4. The van der Waals surface area contributed by atoms with Crippen molar-refractivity contribution in [1.29, 1.82) is 0 Å². The number of rotatable bonds is 4. The van der Waals surface area contributed by atoms with E-state index in [0.717, 1.165) is 65.4 Å². The quantitative estimate of drug-likeness (QED) is 0.565. The van der Waals surface area contributed by atoms with Gasteiger partial charge in [-0.15, -0.1) is 0 Å². The van der Waals surface area contributed by atoms with Gasteiger partial charge in [0.1, 0.15) is 17.8 Å². The molecular weight excluding hydrogens is 376 g/mol. The van der Waals surface area contributed by atoms with Crippen LogP contribution in [-0.4, -0.2) is 67.1 Å². The Bertz CT molecular complexity index is 1170. The number of fused-ring (bicyclic) bond motifs is 1. The average molecular weight is 403 g/mol. The summed E-state index contributed by atoms with van der Waals surface area (Å²) in [5, 5.41) is 13.0. The van der Waals surface area contributed by atoms with Crippen LogP contribution in [0.3, 0.4) is 0 Å². The molecule has 0 bridgehead atoms. The molecule has 0 spiro atoms. The molecule has 4 aromatic rings. The molecule has 5 rings (SSSR count). The van der Waals surface area contributed by atoms with E-state index >= 15 is 0 Å². The third kappa shape index (κ3) is 3.43. The third-order valence-electron chi connectivity index (χ3n) is 5.86. The van der Waals surface area contributed by atoms with Gasteiger partial charge >= 0.3 is 0 Å². The summed E-state index contributed by atoms with van der Waals surface area (Å²) < 4.78 is 1.81. The lowest BCUT2D eigenvalue weighted by Gasteiger charge is -2.37. The summed E-state index contributed by atoms with van der Waals surface area (Å²) in [6.45, 7) is 8.55. The van der Waals surface area contributed by atoms with Crippen molar-refractivity contribution in [2.24, 2.45) is 7.05 Å². The number of hydrogen-bond acceptors (Lipinski definition) is 6. The molecule has 1 aliphatic rings. The number of H-pyrrole nitrogens is 1. The van der Waals surface area contributed by atoms with Crippen molar-refractivity contribution in [3.63, 3.8) is 0 Å². The van der Waals surface area contributed by atoms with Crippen LogP contribution in [0.25, 0.3) is 33.4 Å². The zero-order valence-electron chi connectivity index (χ0n) is 17.6. The van der Waals surface area contributed by atoms with Gasteiger partial charge in [-0.2, -0.15) is 10.2 Å². The number of benzene rings is 1. The number of nitrogens with one attached hydrogen (secondary N) is 1. The lowest BCUT2D eigenvalue weighted by molar-refractivity contribution is 0.209. The minimum absolute atomic E-state index is 0.581. The summed E-state index contributed by atoms with van der Waals surface area (Å²) in [4.78, 5) is 13.9. The smallest absolute Gasteiger partial charge is 0.132 e. The largest absolute Gasteiger partial charge is 0.354 e. The van der Waals surface area contributed by atoms with Gasteiger partial charge in [-0.05, 0) is 31.5 Å². The Balaban J connectivity index is 1.46. The third-order valence-corrected chi connectivity index (χ3v) is 5.86. The van der Waals surface area contributed by atoms with Gasteiger partial charge in [0, 0.05) is 62.5 Å². The standard InChI is InChI=1S/C22H26N8/c1-15(2)29-6-8-30(9-7-29)21-11-20(23-14-24-21)22-18-10-16(4-5-19(18)26-27-22)17-12-25-28(3)13-17/h4-5,10-15H,6-9H2,1-3H3,(H,26,27). The summed E-state index contributed by atoms with van der Waals surface area (Å²) >= 11 is 0. The number of nitrogens with zero attached hydrogens (tertiary/aromatic N) is 7. The number of aromatic amines is 1. The Morgan fingerprint density at radius 3 is 2.57 bits per heavy atom. The first-order chi connectivity index (χ1) is 14.6. The second-order valence-electron chi connectivity index (χ2n) is 8.11. The topological polar surface area (TPSA) is 78.8 Å². The van der Waals surface area contributed by atoms with Crippen LogP contribution < -0.4 is 4.90 Å². The van der Waals surface area contributed by atoms with Crippen molar-refractivity contribution in [3.8, 4) is 22.5 Å². The fourth-order valence-corrected chi connectivity index (χ4v) is 4.08. The molecule has 0 atom stereocenters. The summed E-state index contributed by atoms with van der Waals surface area (Å²) in [6, 6.07) is 8.92. The monoisotopic (exact) mass is 402 g/mol. The van der Waals surface area contributed by atoms with Crippen molar-refractivity contribution in [1.82, 2.24) is 34.8 Å². The highest BCUT2D eigenvalue weighted by atomic mass is 15.3. The van der Waals surface area contributed by atoms with Crippen LogP contribution in [0, 0.1) is 0 Å². The second-order valence-corrected chi connectivity index (χ2v) is 8.11. The van der Waals surface area contributed by atoms with Gasteiger partial charge in [-0.3, -0.25) is 14.7 Å². The Morgan fingerprint density at radius 2 is 1.83 bits per heavy atom. The van der Waals surface area contributed by atoms with Crippen molar-refractivity contribution in [2.75, 3.05) is 31.1 Å². The molecule has 1 aliphatic heterocycles. The Labute approximate surface area is 175 Å². The molecule has 1 saturated heterocycles. The van der Waals surface area contributed by atoms with Gasteiger partial charge < -0.3 is 4.90 Å². The molecule has 8 nitrogen and oxygen atoms in total. The van der Waals surface area contributed by atoms with Crippen LogP contribution >= 0.6 is 0 Å². The van der Waals surface area contributed by atoms with E-state index in [4.69, 9.17) is 0 Å². The number of aryl methyl sites for hydroxylation is 1. The maximum atomic E-state index is 4.56. The summed E-state index contributed by atoms with van der Waals surface area (Å²) in [7, 11) is 1.93. The first kappa shape index (κ1) is 18.7. The predicted octanol–water partition coefficient (Wildman–Crippen LogP) is 2.95. The summed E-state index contributed by atoms with van der Waals surface area (Å²) in [6.07, 6.45) is 5.53.